The minimum atomic E-state index is 0.778. The first-order valence-corrected chi connectivity index (χ1v) is 8.03. The van der Waals surface area contributed by atoms with E-state index in [1.807, 2.05) is 0 Å². The molecule has 0 radical (unpaired) electrons. The average molecular weight is 277 g/mol. The average Bonchev–Trinajstić information content (AvgIpc) is 2.47. The minimum absolute atomic E-state index is 0.778. The van der Waals surface area contributed by atoms with Crippen LogP contribution < -0.4 is 5.32 Å². The van der Waals surface area contributed by atoms with Crippen LogP contribution in [0, 0.1) is 5.92 Å². The van der Waals surface area contributed by atoms with Crippen LogP contribution in [0.1, 0.15) is 44.2 Å². The van der Waals surface area contributed by atoms with Crippen LogP contribution in [0.3, 0.4) is 0 Å². The van der Waals surface area contributed by atoms with Gasteiger partial charge in [-0.1, -0.05) is 44.5 Å². The second-order valence-corrected chi connectivity index (χ2v) is 5.74. The number of aryl methyl sites for hydroxylation is 2. The van der Waals surface area contributed by atoms with Crippen molar-refractivity contribution in [1.82, 2.24) is 5.32 Å². The van der Waals surface area contributed by atoms with E-state index >= 15 is 0 Å². The van der Waals surface area contributed by atoms with Gasteiger partial charge in [-0.25, -0.2) is 0 Å². The minimum Gasteiger partial charge on any atom is -0.383 e. The smallest absolute Gasteiger partial charge is 0.0587 e. The van der Waals surface area contributed by atoms with Crippen LogP contribution in [0.25, 0.3) is 0 Å². The van der Waals surface area contributed by atoms with Crippen LogP contribution in [0.4, 0.5) is 0 Å². The predicted molar refractivity (Wildman–Crippen MR) is 87.3 cm³/mol. The highest BCUT2D eigenvalue weighted by atomic mass is 16.5. The molecule has 2 heteroatoms. The Balaban J connectivity index is 2.15. The molecule has 0 amide bonds. The maximum absolute atomic E-state index is 5.02. The lowest BCUT2D eigenvalue weighted by Gasteiger charge is -2.12. The van der Waals surface area contributed by atoms with Gasteiger partial charge in [-0.3, -0.25) is 0 Å². The van der Waals surface area contributed by atoms with E-state index in [4.69, 9.17) is 4.74 Å². The van der Waals surface area contributed by atoms with Crippen molar-refractivity contribution in [3.8, 4) is 0 Å². The fourth-order valence-electron chi connectivity index (χ4n) is 2.37. The van der Waals surface area contributed by atoms with Crippen LogP contribution in [0.2, 0.25) is 0 Å². The third-order valence-corrected chi connectivity index (χ3v) is 3.78. The van der Waals surface area contributed by atoms with Crippen LogP contribution >= 0.6 is 0 Å². The molecule has 2 nitrogen and oxygen atoms in total. The number of rotatable bonds is 11. The van der Waals surface area contributed by atoms with Crippen molar-refractivity contribution in [2.24, 2.45) is 5.92 Å². The zero-order valence-corrected chi connectivity index (χ0v) is 13.5. The fourth-order valence-corrected chi connectivity index (χ4v) is 2.37. The molecule has 114 valence electrons. The maximum Gasteiger partial charge on any atom is 0.0587 e. The Bertz CT molecular complexity index is 334. The third-order valence-electron chi connectivity index (χ3n) is 3.78. The van der Waals surface area contributed by atoms with Gasteiger partial charge in [0.05, 0.1) is 6.61 Å². The van der Waals surface area contributed by atoms with Gasteiger partial charge in [0.2, 0.25) is 0 Å². The molecule has 0 fully saturated rings. The number of methoxy groups -OCH3 is 1. The molecular weight excluding hydrogens is 246 g/mol. The second kappa shape index (κ2) is 10.9. The quantitative estimate of drug-likeness (QED) is 0.621. The summed E-state index contributed by atoms with van der Waals surface area (Å²) in [6.07, 6.45) is 6.15. The molecule has 1 aromatic carbocycles. The van der Waals surface area contributed by atoms with E-state index in [0.717, 1.165) is 25.6 Å². The first-order valence-electron chi connectivity index (χ1n) is 8.03. The Morgan fingerprint density at radius 3 is 2.25 bits per heavy atom. The Hall–Kier alpha value is -0.860. The Kier molecular flexibility index (Phi) is 9.35. The summed E-state index contributed by atoms with van der Waals surface area (Å²) in [5.74, 6) is 0.778. The van der Waals surface area contributed by atoms with Gasteiger partial charge in [0.1, 0.15) is 0 Å². The highest BCUT2D eigenvalue weighted by molar-refractivity contribution is 5.22. The molecule has 0 saturated carbocycles. The molecule has 0 aliphatic rings. The van der Waals surface area contributed by atoms with Gasteiger partial charge < -0.3 is 10.1 Å². The molecule has 0 aromatic heterocycles. The molecule has 0 aliphatic carbocycles. The largest absolute Gasteiger partial charge is 0.383 e. The van der Waals surface area contributed by atoms with Gasteiger partial charge in [-0.15, -0.1) is 0 Å². The summed E-state index contributed by atoms with van der Waals surface area (Å²) < 4.78 is 5.02. The normalized spacial score (nSPS) is 12.6. The molecule has 1 rings (SSSR count). The van der Waals surface area contributed by atoms with Gasteiger partial charge in [0.25, 0.3) is 0 Å². The lowest BCUT2D eigenvalue weighted by molar-refractivity contribution is 0.199. The molecule has 0 aliphatic heterocycles. The summed E-state index contributed by atoms with van der Waals surface area (Å²) in [5.41, 5.74) is 2.94. The van der Waals surface area contributed by atoms with E-state index in [9.17, 15) is 0 Å². The summed E-state index contributed by atoms with van der Waals surface area (Å²) >= 11 is 0. The number of hydrogen-bond acceptors (Lipinski definition) is 2. The van der Waals surface area contributed by atoms with Crippen molar-refractivity contribution >= 4 is 0 Å². The van der Waals surface area contributed by atoms with E-state index in [1.165, 1.54) is 43.2 Å². The molecule has 1 atom stereocenters. The number of benzene rings is 1. The van der Waals surface area contributed by atoms with Crippen LogP contribution in [-0.2, 0) is 17.6 Å². The monoisotopic (exact) mass is 277 g/mol. The van der Waals surface area contributed by atoms with E-state index in [-0.39, 0.29) is 0 Å². The van der Waals surface area contributed by atoms with Gasteiger partial charge >= 0.3 is 0 Å². The highest BCUT2D eigenvalue weighted by Crippen LogP contribution is 2.13. The lowest BCUT2D eigenvalue weighted by Crippen LogP contribution is -2.21. The first-order chi connectivity index (χ1) is 9.76. The zero-order valence-electron chi connectivity index (χ0n) is 13.5. The van der Waals surface area contributed by atoms with Crippen molar-refractivity contribution in [2.75, 3.05) is 26.8 Å². The summed E-state index contributed by atoms with van der Waals surface area (Å²) in [6, 6.07) is 9.18. The third kappa shape index (κ3) is 7.66. The van der Waals surface area contributed by atoms with Gasteiger partial charge in [-0.05, 0) is 49.3 Å². The van der Waals surface area contributed by atoms with Crippen molar-refractivity contribution in [3.63, 3.8) is 0 Å². The molecule has 1 N–H and O–H groups in total. The second-order valence-electron chi connectivity index (χ2n) is 5.74. The van der Waals surface area contributed by atoms with Crippen molar-refractivity contribution in [3.05, 3.63) is 35.4 Å². The summed E-state index contributed by atoms with van der Waals surface area (Å²) in [7, 11) is 1.75. The molecule has 0 bridgehead atoms. The standard InChI is InChI=1S/C18H31NO/c1-4-5-17-8-10-18(11-9-17)7-6-16(2)12-13-19-14-15-20-3/h8-11,16,19H,4-7,12-15H2,1-3H3. The van der Waals surface area contributed by atoms with Crippen molar-refractivity contribution in [1.29, 1.82) is 0 Å². The van der Waals surface area contributed by atoms with Crippen molar-refractivity contribution in [2.45, 2.75) is 46.0 Å². The van der Waals surface area contributed by atoms with Crippen molar-refractivity contribution < 1.29 is 4.74 Å². The molecule has 1 unspecified atom stereocenters. The van der Waals surface area contributed by atoms with Gasteiger partial charge in [-0.2, -0.15) is 0 Å². The van der Waals surface area contributed by atoms with E-state index in [1.54, 1.807) is 7.11 Å². The number of nitrogens with one attached hydrogen (secondary N) is 1. The molecule has 1 aromatic rings. The first kappa shape index (κ1) is 17.2. The molecule has 0 spiro atoms. The van der Waals surface area contributed by atoms with Gasteiger partial charge in [0.15, 0.2) is 0 Å². The molecular formula is C18H31NO. The Morgan fingerprint density at radius 1 is 1.00 bits per heavy atom. The van der Waals surface area contributed by atoms with E-state index < -0.39 is 0 Å². The van der Waals surface area contributed by atoms with E-state index in [0.29, 0.717) is 0 Å². The zero-order chi connectivity index (χ0) is 14.6. The lowest BCUT2D eigenvalue weighted by atomic mass is 9.97. The molecule has 0 heterocycles. The Labute approximate surface area is 124 Å². The van der Waals surface area contributed by atoms with Gasteiger partial charge in [0, 0.05) is 13.7 Å². The highest BCUT2D eigenvalue weighted by Gasteiger charge is 2.03. The summed E-state index contributed by atoms with van der Waals surface area (Å²) in [6.45, 7) is 7.44. The summed E-state index contributed by atoms with van der Waals surface area (Å²) in [5, 5.41) is 3.41. The summed E-state index contributed by atoms with van der Waals surface area (Å²) in [4.78, 5) is 0. The number of hydrogen-bond donors (Lipinski definition) is 1. The van der Waals surface area contributed by atoms with E-state index in [2.05, 4.69) is 43.4 Å². The fraction of sp³-hybridized carbons (Fsp3) is 0.667. The molecule has 0 saturated heterocycles. The van der Waals surface area contributed by atoms with Crippen LogP contribution in [-0.4, -0.2) is 26.8 Å². The van der Waals surface area contributed by atoms with Crippen LogP contribution in [0.5, 0.6) is 0 Å². The Morgan fingerprint density at radius 2 is 1.65 bits per heavy atom. The number of ether oxygens (including phenoxy) is 1. The maximum atomic E-state index is 5.02. The predicted octanol–water partition coefficient (Wildman–Crippen LogP) is 3.83. The topological polar surface area (TPSA) is 21.3 Å². The van der Waals surface area contributed by atoms with Crippen LogP contribution in [0.15, 0.2) is 24.3 Å². The molecule has 20 heavy (non-hydrogen) atoms. The SMILES string of the molecule is CCCc1ccc(CCC(C)CCNCCOC)cc1.